The van der Waals surface area contributed by atoms with Crippen LogP contribution in [0.25, 0.3) is 0 Å². The minimum atomic E-state index is -0.579. The van der Waals surface area contributed by atoms with Gasteiger partial charge >= 0.3 is 5.97 Å². The summed E-state index contributed by atoms with van der Waals surface area (Å²) in [6.45, 7) is 1.83. The number of amides is 1. The highest BCUT2D eigenvalue weighted by Gasteiger charge is 2.53. The summed E-state index contributed by atoms with van der Waals surface area (Å²) in [6.07, 6.45) is 7.79. The van der Waals surface area contributed by atoms with E-state index in [1.54, 1.807) is 18.2 Å². The van der Waals surface area contributed by atoms with Gasteiger partial charge in [0.1, 0.15) is 0 Å². The molecule has 0 heterocycles. The van der Waals surface area contributed by atoms with E-state index in [-0.39, 0.29) is 29.5 Å². The van der Waals surface area contributed by atoms with Crippen molar-refractivity contribution in [1.82, 2.24) is 5.32 Å². The third-order valence-electron chi connectivity index (χ3n) is 6.94. The molecule has 1 amide bonds. The fourth-order valence-electron chi connectivity index (χ4n) is 6.07. The van der Waals surface area contributed by atoms with Gasteiger partial charge in [-0.15, -0.1) is 0 Å². The Balaban J connectivity index is 1.32. The largest absolute Gasteiger partial charge is 0.452 e. The van der Waals surface area contributed by atoms with Gasteiger partial charge in [-0.3, -0.25) is 4.79 Å². The van der Waals surface area contributed by atoms with Crippen LogP contribution < -0.4 is 5.32 Å². The Labute approximate surface area is 160 Å². The van der Waals surface area contributed by atoms with Gasteiger partial charge in [0.25, 0.3) is 5.91 Å². The summed E-state index contributed by atoms with van der Waals surface area (Å²) in [5.74, 6) is 1.68. The molecular weight excluding hydrogens is 340 g/mol. The van der Waals surface area contributed by atoms with Gasteiger partial charge in [0, 0.05) is 6.04 Å². The van der Waals surface area contributed by atoms with Crippen LogP contribution in [0.2, 0.25) is 0 Å². The first-order chi connectivity index (χ1) is 13.0. The number of nitrogens with one attached hydrogen (secondary N) is 1. The van der Waals surface area contributed by atoms with Crippen LogP contribution in [0, 0.1) is 34.5 Å². The normalized spacial score (nSPS) is 31.8. The topological polar surface area (TPSA) is 79.2 Å². The van der Waals surface area contributed by atoms with Gasteiger partial charge < -0.3 is 10.1 Å². The third-order valence-corrected chi connectivity index (χ3v) is 6.94. The van der Waals surface area contributed by atoms with Gasteiger partial charge in [0.05, 0.1) is 17.2 Å². The highest BCUT2D eigenvalue weighted by molar-refractivity contribution is 5.91. The molecule has 0 spiro atoms. The summed E-state index contributed by atoms with van der Waals surface area (Å²) in [4.78, 5) is 24.5. The minimum absolute atomic E-state index is 0.110. The fraction of sp³-hybridized carbons (Fsp3) is 0.591. The van der Waals surface area contributed by atoms with Crippen molar-refractivity contribution in [3.63, 3.8) is 0 Å². The molecule has 0 radical (unpaired) electrons. The summed E-state index contributed by atoms with van der Waals surface area (Å²) in [6, 6.07) is 8.40. The van der Waals surface area contributed by atoms with Crippen molar-refractivity contribution in [1.29, 1.82) is 5.26 Å². The number of ether oxygens (including phenoxy) is 1. The molecule has 5 rings (SSSR count). The van der Waals surface area contributed by atoms with E-state index in [9.17, 15) is 9.59 Å². The van der Waals surface area contributed by atoms with Crippen molar-refractivity contribution in [2.24, 2.45) is 23.2 Å². The van der Waals surface area contributed by atoms with Gasteiger partial charge in [-0.1, -0.05) is 6.07 Å². The molecule has 4 bridgehead atoms. The van der Waals surface area contributed by atoms with E-state index in [0.717, 1.165) is 17.8 Å². The molecule has 0 aromatic heterocycles. The van der Waals surface area contributed by atoms with Gasteiger partial charge in [0.2, 0.25) is 0 Å². The van der Waals surface area contributed by atoms with E-state index in [2.05, 4.69) is 12.2 Å². The summed E-state index contributed by atoms with van der Waals surface area (Å²) >= 11 is 0. The first-order valence-electron chi connectivity index (χ1n) is 9.94. The number of rotatable bonds is 5. The second kappa shape index (κ2) is 6.99. The van der Waals surface area contributed by atoms with E-state index in [0.29, 0.717) is 5.56 Å². The molecule has 4 aliphatic rings. The highest BCUT2D eigenvalue weighted by atomic mass is 16.5. The minimum Gasteiger partial charge on any atom is -0.452 e. The highest BCUT2D eigenvalue weighted by Crippen LogP contribution is 2.61. The second-order valence-corrected chi connectivity index (χ2v) is 8.84. The van der Waals surface area contributed by atoms with Crippen LogP contribution >= 0.6 is 0 Å². The summed E-state index contributed by atoms with van der Waals surface area (Å²) < 4.78 is 5.15. The monoisotopic (exact) mass is 366 g/mol. The van der Waals surface area contributed by atoms with Crippen molar-refractivity contribution in [3.05, 3.63) is 35.4 Å². The molecule has 142 valence electrons. The number of esters is 1. The van der Waals surface area contributed by atoms with Crippen molar-refractivity contribution < 1.29 is 14.3 Å². The smallest absolute Gasteiger partial charge is 0.338 e. The van der Waals surface area contributed by atoms with Crippen LogP contribution in [-0.2, 0) is 9.53 Å². The molecule has 0 aliphatic heterocycles. The number of carbonyl (C=O) groups excluding carboxylic acids is 2. The van der Waals surface area contributed by atoms with Gasteiger partial charge in [0.15, 0.2) is 6.61 Å². The molecule has 4 fully saturated rings. The zero-order valence-electron chi connectivity index (χ0n) is 15.7. The maximum atomic E-state index is 12.4. The Kier molecular flexibility index (Phi) is 4.67. The van der Waals surface area contributed by atoms with Gasteiger partial charge in [-0.25, -0.2) is 4.79 Å². The summed E-state index contributed by atoms with van der Waals surface area (Å²) in [5.41, 5.74) is 0.913. The van der Waals surface area contributed by atoms with Crippen LogP contribution in [0.5, 0.6) is 0 Å². The Morgan fingerprint density at radius 2 is 1.85 bits per heavy atom. The molecule has 5 nitrogen and oxygen atoms in total. The zero-order chi connectivity index (χ0) is 19.0. The number of nitriles is 1. The molecule has 5 heteroatoms. The zero-order valence-corrected chi connectivity index (χ0v) is 15.7. The van der Waals surface area contributed by atoms with E-state index in [1.165, 1.54) is 44.6 Å². The van der Waals surface area contributed by atoms with Crippen LogP contribution in [0.15, 0.2) is 24.3 Å². The van der Waals surface area contributed by atoms with Crippen molar-refractivity contribution in [2.45, 2.75) is 51.5 Å². The van der Waals surface area contributed by atoms with Crippen molar-refractivity contribution in [3.8, 4) is 6.07 Å². The Morgan fingerprint density at radius 1 is 1.22 bits per heavy atom. The fourth-order valence-corrected chi connectivity index (χ4v) is 6.07. The Bertz CT molecular complexity index is 760. The van der Waals surface area contributed by atoms with Crippen molar-refractivity contribution >= 4 is 11.9 Å². The maximum absolute atomic E-state index is 12.4. The number of carbonyl (C=O) groups is 2. The predicted octanol–water partition coefficient (Wildman–Crippen LogP) is 3.44. The number of hydrogen-bond donors (Lipinski definition) is 1. The molecule has 0 unspecified atom stereocenters. The molecule has 4 aliphatic carbocycles. The van der Waals surface area contributed by atoms with Crippen LogP contribution in [0.1, 0.15) is 61.4 Å². The molecular formula is C22H26N2O3. The van der Waals surface area contributed by atoms with E-state index >= 15 is 0 Å². The molecule has 27 heavy (non-hydrogen) atoms. The quantitative estimate of drug-likeness (QED) is 0.810. The average molecular weight is 366 g/mol. The summed E-state index contributed by atoms with van der Waals surface area (Å²) in [7, 11) is 0. The van der Waals surface area contributed by atoms with Gasteiger partial charge in [-0.05, 0) is 86.8 Å². The van der Waals surface area contributed by atoms with Crippen molar-refractivity contribution in [2.75, 3.05) is 6.61 Å². The number of hydrogen-bond acceptors (Lipinski definition) is 4. The number of nitrogens with zero attached hydrogens (tertiary/aromatic N) is 1. The van der Waals surface area contributed by atoms with E-state index < -0.39 is 5.97 Å². The lowest BCUT2D eigenvalue weighted by atomic mass is 9.48. The molecule has 4 saturated carbocycles. The molecule has 1 atom stereocenters. The molecule has 1 aromatic carbocycles. The van der Waals surface area contributed by atoms with Crippen LogP contribution in [0.3, 0.4) is 0 Å². The molecule has 1 aromatic rings. The lowest BCUT2D eigenvalue weighted by molar-refractivity contribution is -0.128. The second-order valence-electron chi connectivity index (χ2n) is 8.84. The number of benzene rings is 1. The lowest BCUT2D eigenvalue weighted by Crippen LogP contribution is -2.56. The first-order valence-corrected chi connectivity index (χ1v) is 9.94. The third kappa shape index (κ3) is 3.58. The van der Waals surface area contributed by atoms with E-state index in [4.69, 9.17) is 10.00 Å². The standard InChI is InChI=1S/C22H26N2O3/c1-14(22-9-16-5-17(10-22)7-18(6-16)11-22)24-20(25)13-27-21(26)19-4-2-3-15(8-19)12-23/h2-4,8,14,16-18H,5-7,9-11,13H2,1H3,(H,24,25)/t14-,16?,17?,18?,22?/m1/s1. The van der Waals surface area contributed by atoms with Gasteiger partial charge in [-0.2, -0.15) is 5.26 Å². The summed E-state index contributed by atoms with van der Waals surface area (Å²) in [5, 5.41) is 12.0. The Hall–Kier alpha value is -2.35. The lowest BCUT2D eigenvalue weighted by Gasteiger charge is -2.59. The molecule has 1 N–H and O–H groups in total. The molecule has 0 saturated heterocycles. The van der Waals surface area contributed by atoms with E-state index in [1.807, 2.05) is 6.07 Å². The first kappa shape index (κ1) is 18.0. The SMILES string of the molecule is C[C@@H](NC(=O)COC(=O)c1cccc(C#N)c1)C12CC3CC(CC(C3)C1)C2. The average Bonchev–Trinajstić information content (AvgIpc) is 2.65. The Morgan fingerprint density at radius 3 is 2.44 bits per heavy atom. The predicted molar refractivity (Wildman–Crippen MR) is 99.6 cm³/mol. The van der Waals surface area contributed by atoms with Crippen LogP contribution in [0.4, 0.5) is 0 Å². The maximum Gasteiger partial charge on any atom is 0.338 e. The van der Waals surface area contributed by atoms with Crippen LogP contribution in [-0.4, -0.2) is 24.5 Å².